The van der Waals surface area contributed by atoms with Crippen molar-refractivity contribution in [2.24, 2.45) is 0 Å². The highest BCUT2D eigenvalue weighted by molar-refractivity contribution is 5.93. The van der Waals surface area contributed by atoms with Crippen molar-refractivity contribution in [2.45, 2.75) is 6.42 Å². The van der Waals surface area contributed by atoms with Gasteiger partial charge in [-0.3, -0.25) is 14.8 Å². The van der Waals surface area contributed by atoms with Crippen LogP contribution in [0.2, 0.25) is 0 Å². The Morgan fingerprint density at radius 3 is 2.83 bits per heavy atom. The quantitative estimate of drug-likeness (QED) is 0.711. The first kappa shape index (κ1) is 15.0. The molecular formula is C18H17N3O2. The minimum absolute atomic E-state index is 0.120. The van der Waals surface area contributed by atoms with E-state index >= 15 is 0 Å². The minimum atomic E-state index is -0.120. The molecule has 0 radical (unpaired) electrons. The van der Waals surface area contributed by atoms with E-state index in [0.29, 0.717) is 18.7 Å². The van der Waals surface area contributed by atoms with E-state index < -0.39 is 0 Å². The summed E-state index contributed by atoms with van der Waals surface area (Å²) in [5.74, 6) is 0.645. The van der Waals surface area contributed by atoms with Gasteiger partial charge in [-0.1, -0.05) is 18.2 Å². The first-order valence-electron chi connectivity index (χ1n) is 7.49. The standard InChI is InChI=1S/C18H17N3O2/c22-18(15-7-2-9-19-13-15)21-11-4-12-23-16-8-1-5-14-6-3-10-20-17(14)16/h1-3,5-10,13H,4,11-12H2,(H,21,22). The molecule has 0 aliphatic carbocycles. The van der Waals surface area contributed by atoms with E-state index in [9.17, 15) is 4.79 Å². The van der Waals surface area contributed by atoms with Crippen molar-refractivity contribution < 1.29 is 9.53 Å². The maximum absolute atomic E-state index is 11.9. The van der Waals surface area contributed by atoms with Crippen molar-refractivity contribution in [1.82, 2.24) is 15.3 Å². The molecule has 0 fully saturated rings. The zero-order valence-electron chi connectivity index (χ0n) is 12.6. The molecule has 0 saturated carbocycles. The molecule has 0 spiro atoms. The molecule has 0 atom stereocenters. The van der Waals surface area contributed by atoms with E-state index in [2.05, 4.69) is 15.3 Å². The van der Waals surface area contributed by atoms with E-state index in [1.165, 1.54) is 0 Å². The summed E-state index contributed by atoms with van der Waals surface area (Å²) >= 11 is 0. The van der Waals surface area contributed by atoms with Crippen LogP contribution in [0.1, 0.15) is 16.8 Å². The molecule has 0 aliphatic rings. The summed E-state index contributed by atoms with van der Waals surface area (Å²) in [7, 11) is 0. The Bertz CT molecular complexity index is 785. The lowest BCUT2D eigenvalue weighted by molar-refractivity contribution is 0.0951. The van der Waals surface area contributed by atoms with Crippen molar-refractivity contribution in [1.29, 1.82) is 0 Å². The van der Waals surface area contributed by atoms with Gasteiger partial charge in [-0.05, 0) is 30.7 Å². The van der Waals surface area contributed by atoms with Gasteiger partial charge in [0.15, 0.2) is 0 Å². The maximum Gasteiger partial charge on any atom is 0.252 e. The molecule has 3 rings (SSSR count). The number of hydrogen-bond acceptors (Lipinski definition) is 4. The van der Waals surface area contributed by atoms with Crippen LogP contribution >= 0.6 is 0 Å². The van der Waals surface area contributed by atoms with Crippen LogP contribution in [0.4, 0.5) is 0 Å². The topological polar surface area (TPSA) is 64.1 Å². The van der Waals surface area contributed by atoms with Crippen LogP contribution in [-0.2, 0) is 0 Å². The fourth-order valence-electron chi connectivity index (χ4n) is 2.25. The highest BCUT2D eigenvalue weighted by Crippen LogP contribution is 2.22. The van der Waals surface area contributed by atoms with Gasteiger partial charge in [0.05, 0.1) is 12.2 Å². The monoisotopic (exact) mass is 307 g/mol. The molecule has 0 aliphatic heterocycles. The van der Waals surface area contributed by atoms with Crippen LogP contribution in [0, 0.1) is 0 Å². The lowest BCUT2D eigenvalue weighted by Crippen LogP contribution is -2.25. The molecule has 1 N–H and O–H groups in total. The van der Waals surface area contributed by atoms with E-state index in [1.54, 1.807) is 30.7 Å². The SMILES string of the molecule is O=C(NCCCOc1cccc2cccnc12)c1cccnc1. The fourth-order valence-corrected chi connectivity index (χ4v) is 2.25. The summed E-state index contributed by atoms with van der Waals surface area (Å²) in [5, 5.41) is 3.90. The van der Waals surface area contributed by atoms with Gasteiger partial charge in [-0.15, -0.1) is 0 Å². The number of nitrogens with one attached hydrogen (secondary N) is 1. The molecule has 0 unspecified atom stereocenters. The molecule has 0 bridgehead atoms. The highest BCUT2D eigenvalue weighted by atomic mass is 16.5. The second kappa shape index (κ2) is 7.35. The predicted molar refractivity (Wildman–Crippen MR) is 88.4 cm³/mol. The van der Waals surface area contributed by atoms with Gasteiger partial charge >= 0.3 is 0 Å². The zero-order chi connectivity index (χ0) is 15.9. The zero-order valence-corrected chi connectivity index (χ0v) is 12.6. The summed E-state index contributed by atoms with van der Waals surface area (Å²) in [6.07, 6.45) is 5.66. The molecule has 116 valence electrons. The number of aromatic nitrogens is 2. The molecule has 1 aromatic carbocycles. The number of nitrogens with zero attached hydrogens (tertiary/aromatic N) is 2. The molecular weight excluding hydrogens is 290 g/mol. The summed E-state index contributed by atoms with van der Waals surface area (Å²) in [4.78, 5) is 20.1. The van der Waals surface area contributed by atoms with Crippen LogP contribution in [-0.4, -0.2) is 29.0 Å². The minimum Gasteiger partial charge on any atom is -0.491 e. The summed E-state index contributed by atoms with van der Waals surface area (Å²) < 4.78 is 5.78. The van der Waals surface area contributed by atoms with Gasteiger partial charge in [0, 0.05) is 30.5 Å². The van der Waals surface area contributed by atoms with E-state index in [-0.39, 0.29) is 5.91 Å². The Labute approximate surface area is 134 Å². The van der Waals surface area contributed by atoms with Crippen LogP contribution in [0.3, 0.4) is 0 Å². The van der Waals surface area contributed by atoms with Crippen LogP contribution in [0.25, 0.3) is 10.9 Å². The number of carbonyl (C=O) groups is 1. The Hall–Kier alpha value is -2.95. The Kier molecular flexibility index (Phi) is 4.79. The van der Waals surface area contributed by atoms with Crippen LogP contribution in [0.5, 0.6) is 5.75 Å². The molecule has 0 saturated heterocycles. The number of pyridine rings is 2. The number of para-hydroxylation sites is 1. The number of amides is 1. The number of carbonyl (C=O) groups excluding carboxylic acids is 1. The van der Waals surface area contributed by atoms with Crippen LogP contribution < -0.4 is 10.1 Å². The molecule has 5 nitrogen and oxygen atoms in total. The normalized spacial score (nSPS) is 10.4. The lowest BCUT2D eigenvalue weighted by atomic mass is 10.2. The smallest absolute Gasteiger partial charge is 0.252 e. The van der Waals surface area contributed by atoms with Crippen molar-refractivity contribution >= 4 is 16.8 Å². The van der Waals surface area contributed by atoms with Gasteiger partial charge < -0.3 is 10.1 Å². The van der Waals surface area contributed by atoms with Gasteiger partial charge in [-0.25, -0.2) is 0 Å². The van der Waals surface area contributed by atoms with Gasteiger partial charge in [0.25, 0.3) is 5.91 Å². The second-order valence-corrected chi connectivity index (χ2v) is 5.03. The molecule has 5 heteroatoms. The van der Waals surface area contributed by atoms with Crippen LogP contribution in [0.15, 0.2) is 61.1 Å². The predicted octanol–water partition coefficient (Wildman–Crippen LogP) is 2.83. The second-order valence-electron chi connectivity index (χ2n) is 5.03. The fraction of sp³-hybridized carbons (Fsp3) is 0.167. The molecule has 1 amide bonds. The number of ether oxygens (including phenoxy) is 1. The summed E-state index contributed by atoms with van der Waals surface area (Å²) in [5.41, 5.74) is 1.42. The molecule has 2 aromatic heterocycles. The average molecular weight is 307 g/mol. The molecule has 23 heavy (non-hydrogen) atoms. The summed E-state index contributed by atoms with van der Waals surface area (Å²) in [6.45, 7) is 1.06. The maximum atomic E-state index is 11.9. The number of rotatable bonds is 6. The average Bonchev–Trinajstić information content (AvgIpc) is 2.62. The molecule has 3 aromatic rings. The Morgan fingerprint density at radius 1 is 1.09 bits per heavy atom. The number of benzene rings is 1. The van der Waals surface area contributed by atoms with Crippen molar-refractivity contribution in [2.75, 3.05) is 13.2 Å². The van der Waals surface area contributed by atoms with E-state index in [1.807, 2.05) is 30.3 Å². The first-order chi connectivity index (χ1) is 11.3. The third kappa shape index (κ3) is 3.83. The first-order valence-corrected chi connectivity index (χ1v) is 7.49. The third-order valence-electron chi connectivity index (χ3n) is 3.38. The van der Waals surface area contributed by atoms with E-state index in [4.69, 9.17) is 4.74 Å². The number of fused-ring (bicyclic) bond motifs is 1. The van der Waals surface area contributed by atoms with Gasteiger partial charge in [-0.2, -0.15) is 0 Å². The highest BCUT2D eigenvalue weighted by Gasteiger charge is 2.05. The van der Waals surface area contributed by atoms with Crippen molar-refractivity contribution in [3.8, 4) is 5.75 Å². The Balaban J connectivity index is 1.47. The van der Waals surface area contributed by atoms with Gasteiger partial charge in [0.1, 0.15) is 11.3 Å². The van der Waals surface area contributed by atoms with Crippen molar-refractivity contribution in [3.63, 3.8) is 0 Å². The molecule has 2 heterocycles. The lowest BCUT2D eigenvalue weighted by Gasteiger charge is -2.09. The Morgan fingerprint density at radius 2 is 1.96 bits per heavy atom. The van der Waals surface area contributed by atoms with Crippen molar-refractivity contribution in [3.05, 3.63) is 66.6 Å². The number of hydrogen-bond donors (Lipinski definition) is 1. The summed E-state index contributed by atoms with van der Waals surface area (Å²) in [6, 6.07) is 13.2. The van der Waals surface area contributed by atoms with Gasteiger partial charge in [0.2, 0.25) is 0 Å². The largest absolute Gasteiger partial charge is 0.491 e. The van der Waals surface area contributed by atoms with E-state index in [0.717, 1.165) is 23.1 Å². The third-order valence-corrected chi connectivity index (χ3v) is 3.38.